The molecule has 0 bridgehead atoms. The van der Waals surface area contributed by atoms with Gasteiger partial charge in [0, 0.05) is 24.2 Å². The molecule has 1 fully saturated rings. The number of benzene rings is 2. The van der Waals surface area contributed by atoms with Crippen LogP contribution in [0.5, 0.6) is 0 Å². The Labute approximate surface area is 158 Å². The maximum absolute atomic E-state index is 14.1. The first-order chi connectivity index (χ1) is 13.1. The molecule has 0 saturated carbocycles. The average molecular weight is 366 g/mol. The number of halogens is 1. The molecule has 27 heavy (non-hydrogen) atoms. The molecule has 0 spiro atoms. The van der Waals surface area contributed by atoms with Crippen LogP contribution >= 0.6 is 0 Å². The van der Waals surface area contributed by atoms with Gasteiger partial charge in [-0.15, -0.1) is 0 Å². The first-order valence-corrected chi connectivity index (χ1v) is 9.27. The summed E-state index contributed by atoms with van der Waals surface area (Å²) in [5.41, 5.74) is 0.806. The van der Waals surface area contributed by atoms with Gasteiger partial charge in [-0.2, -0.15) is 0 Å². The molecule has 2 aromatic rings. The molecular formula is C22H23FN2O2. The Morgan fingerprint density at radius 2 is 1.52 bits per heavy atom. The van der Waals surface area contributed by atoms with Gasteiger partial charge in [-0.1, -0.05) is 49.2 Å². The van der Waals surface area contributed by atoms with Crippen molar-refractivity contribution in [1.82, 2.24) is 10.2 Å². The molecule has 140 valence electrons. The van der Waals surface area contributed by atoms with Crippen LogP contribution in [-0.2, 0) is 4.79 Å². The maximum atomic E-state index is 14.1. The number of carbonyl (C=O) groups excluding carboxylic acids is 2. The van der Waals surface area contributed by atoms with E-state index in [-0.39, 0.29) is 23.1 Å². The summed E-state index contributed by atoms with van der Waals surface area (Å²) < 4.78 is 14.1. The summed E-state index contributed by atoms with van der Waals surface area (Å²) in [6.07, 6.45) is 5.47. The fraction of sp³-hybridized carbons (Fsp3) is 0.273. The van der Waals surface area contributed by atoms with E-state index in [1.165, 1.54) is 12.1 Å². The molecule has 1 saturated heterocycles. The van der Waals surface area contributed by atoms with Crippen molar-refractivity contribution < 1.29 is 14.0 Å². The van der Waals surface area contributed by atoms with Gasteiger partial charge >= 0.3 is 0 Å². The highest BCUT2D eigenvalue weighted by molar-refractivity contribution is 6.05. The Kier molecular flexibility index (Phi) is 6.36. The van der Waals surface area contributed by atoms with Crippen LogP contribution in [0.3, 0.4) is 0 Å². The SMILES string of the molecule is O=C(N/C(=C/c1ccccc1F)C(=O)N1CCCCCC1)c1ccccc1. The largest absolute Gasteiger partial charge is 0.337 e. The van der Waals surface area contributed by atoms with Crippen molar-refractivity contribution in [1.29, 1.82) is 0 Å². The minimum atomic E-state index is -0.437. The first kappa shape index (κ1) is 18.8. The zero-order valence-electron chi connectivity index (χ0n) is 15.2. The van der Waals surface area contributed by atoms with Crippen molar-refractivity contribution in [3.63, 3.8) is 0 Å². The Morgan fingerprint density at radius 3 is 2.19 bits per heavy atom. The summed E-state index contributed by atoms with van der Waals surface area (Å²) in [6.45, 7) is 1.29. The molecule has 1 N–H and O–H groups in total. The lowest BCUT2D eigenvalue weighted by molar-refractivity contribution is -0.127. The van der Waals surface area contributed by atoms with E-state index in [9.17, 15) is 14.0 Å². The molecule has 1 aliphatic rings. The third-order valence-electron chi connectivity index (χ3n) is 4.61. The Bertz CT molecular complexity index is 825. The Morgan fingerprint density at radius 1 is 0.889 bits per heavy atom. The molecule has 1 heterocycles. The van der Waals surface area contributed by atoms with Crippen LogP contribution in [0.4, 0.5) is 4.39 Å². The van der Waals surface area contributed by atoms with Gasteiger partial charge in [-0.3, -0.25) is 9.59 Å². The van der Waals surface area contributed by atoms with E-state index in [0.29, 0.717) is 18.7 Å². The van der Waals surface area contributed by atoms with Gasteiger partial charge in [-0.25, -0.2) is 4.39 Å². The van der Waals surface area contributed by atoms with Crippen molar-refractivity contribution in [3.8, 4) is 0 Å². The number of amides is 2. The van der Waals surface area contributed by atoms with Crippen molar-refractivity contribution in [2.45, 2.75) is 25.7 Å². The van der Waals surface area contributed by atoms with Gasteiger partial charge in [0.15, 0.2) is 0 Å². The zero-order valence-corrected chi connectivity index (χ0v) is 15.2. The maximum Gasteiger partial charge on any atom is 0.270 e. The monoisotopic (exact) mass is 366 g/mol. The topological polar surface area (TPSA) is 49.4 Å². The van der Waals surface area contributed by atoms with Crippen LogP contribution in [0.2, 0.25) is 0 Å². The fourth-order valence-electron chi connectivity index (χ4n) is 3.13. The lowest BCUT2D eigenvalue weighted by atomic mass is 10.1. The van der Waals surface area contributed by atoms with Crippen LogP contribution in [0.25, 0.3) is 6.08 Å². The van der Waals surface area contributed by atoms with Gasteiger partial charge in [0.2, 0.25) is 0 Å². The number of carbonyl (C=O) groups is 2. The van der Waals surface area contributed by atoms with E-state index in [4.69, 9.17) is 0 Å². The Hall–Kier alpha value is -2.95. The summed E-state index contributed by atoms with van der Waals surface area (Å²) in [5.74, 6) is -1.10. The molecule has 0 aromatic heterocycles. The second-order valence-electron chi connectivity index (χ2n) is 6.61. The summed E-state index contributed by atoms with van der Waals surface area (Å²) in [7, 11) is 0. The van der Waals surface area contributed by atoms with Gasteiger partial charge in [-0.05, 0) is 37.1 Å². The number of rotatable bonds is 4. The fourth-order valence-corrected chi connectivity index (χ4v) is 3.13. The number of hydrogen-bond donors (Lipinski definition) is 1. The molecule has 1 aliphatic heterocycles. The molecule has 0 radical (unpaired) electrons. The van der Waals surface area contributed by atoms with Crippen molar-refractivity contribution in [3.05, 3.63) is 77.2 Å². The standard InChI is InChI=1S/C22H23FN2O2/c23-19-13-7-6-12-18(19)16-20(22(27)25-14-8-1-2-9-15-25)24-21(26)17-10-4-3-5-11-17/h3-7,10-13,16H,1-2,8-9,14-15H2,(H,24,26)/b20-16+. The number of hydrogen-bond acceptors (Lipinski definition) is 2. The molecule has 5 heteroatoms. The lowest BCUT2D eigenvalue weighted by Crippen LogP contribution is -2.39. The third-order valence-corrected chi connectivity index (χ3v) is 4.61. The summed E-state index contributed by atoms with van der Waals surface area (Å²) >= 11 is 0. The highest BCUT2D eigenvalue weighted by atomic mass is 19.1. The van der Waals surface area contributed by atoms with Gasteiger partial charge in [0.25, 0.3) is 11.8 Å². The van der Waals surface area contributed by atoms with Crippen molar-refractivity contribution in [2.75, 3.05) is 13.1 Å². The molecule has 0 aliphatic carbocycles. The number of likely N-dealkylation sites (tertiary alicyclic amines) is 1. The first-order valence-electron chi connectivity index (χ1n) is 9.27. The minimum Gasteiger partial charge on any atom is -0.337 e. The number of nitrogens with one attached hydrogen (secondary N) is 1. The summed E-state index contributed by atoms with van der Waals surface area (Å²) in [5, 5.41) is 2.69. The zero-order chi connectivity index (χ0) is 19.1. The highest BCUT2D eigenvalue weighted by Crippen LogP contribution is 2.16. The molecule has 4 nitrogen and oxygen atoms in total. The van der Waals surface area contributed by atoms with E-state index in [1.807, 2.05) is 6.07 Å². The van der Waals surface area contributed by atoms with Gasteiger partial charge in [0.05, 0.1) is 0 Å². The quantitative estimate of drug-likeness (QED) is 0.832. The van der Waals surface area contributed by atoms with Crippen LogP contribution in [0.15, 0.2) is 60.3 Å². The van der Waals surface area contributed by atoms with Crippen LogP contribution in [-0.4, -0.2) is 29.8 Å². The van der Waals surface area contributed by atoms with Gasteiger partial charge < -0.3 is 10.2 Å². The lowest BCUT2D eigenvalue weighted by Gasteiger charge is -2.22. The van der Waals surface area contributed by atoms with Crippen LogP contribution < -0.4 is 5.32 Å². The molecule has 2 aromatic carbocycles. The predicted molar refractivity (Wildman–Crippen MR) is 103 cm³/mol. The van der Waals surface area contributed by atoms with Crippen LogP contribution in [0.1, 0.15) is 41.6 Å². The van der Waals surface area contributed by atoms with E-state index in [2.05, 4.69) is 5.32 Å². The van der Waals surface area contributed by atoms with Crippen molar-refractivity contribution >= 4 is 17.9 Å². The molecule has 2 amide bonds. The minimum absolute atomic E-state index is 0.0934. The van der Waals surface area contributed by atoms with E-state index in [1.54, 1.807) is 47.4 Å². The summed E-state index contributed by atoms with van der Waals surface area (Å²) in [6, 6.07) is 14.9. The number of nitrogens with zero attached hydrogens (tertiary/aromatic N) is 1. The highest BCUT2D eigenvalue weighted by Gasteiger charge is 2.22. The Balaban J connectivity index is 1.89. The van der Waals surface area contributed by atoms with Gasteiger partial charge in [0.1, 0.15) is 11.5 Å². The second-order valence-corrected chi connectivity index (χ2v) is 6.61. The second kappa shape index (κ2) is 9.12. The summed E-state index contributed by atoms with van der Waals surface area (Å²) in [4.78, 5) is 27.4. The predicted octanol–water partition coefficient (Wildman–Crippen LogP) is 4.00. The normalized spacial score (nSPS) is 15.1. The smallest absolute Gasteiger partial charge is 0.270 e. The van der Waals surface area contributed by atoms with E-state index in [0.717, 1.165) is 25.7 Å². The van der Waals surface area contributed by atoms with Crippen molar-refractivity contribution in [2.24, 2.45) is 0 Å². The molecule has 0 atom stereocenters. The molecule has 3 rings (SSSR count). The molecular weight excluding hydrogens is 343 g/mol. The third kappa shape index (κ3) is 5.03. The van der Waals surface area contributed by atoms with E-state index < -0.39 is 5.82 Å². The average Bonchev–Trinajstić information content (AvgIpc) is 2.98. The molecule has 0 unspecified atom stereocenters. The van der Waals surface area contributed by atoms with Crippen LogP contribution in [0, 0.1) is 5.82 Å². The van der Waals surface area contributed by atoms with E-state index >= 15 is 0 Å².